The van der Waals surface area contributed by atoms with Gasteiger partial charge in [-0.05, 0) is 19.4 Å². The third-order valence-corrected chi connectivity index (χ3v) is 5.83. The van der Waals surface area contributed by atoms with Gasteiger partial charge in [0.15, 0.2) is 5.69 Å². The first-order valence-corrected chi connectivity index (χ1v) is 11.6. The van der Waals surface area contributed by atoms with E-state index < -0.39 is 23.8 Å². The molecule has 0 saturated carbocycles. The minimum absolute atomic E-state index is 0.0349. The Morgan fingerprint density at radius 3 is 2.24 bits per heavy atom. The van der Waals surface area contributed by atoms with Crippen LogP contribution in [-0.2, 0) is 27.1 Å². The number of alkyl halides is 3. The molecule has 2 fully saturated rings. The van der Waals surface area contributed by atoms with E-state index in [2.05, 4.69) is 20.4 Å². The van der Waals surface area contributed by atoms with E-state index in [0.29, 0.717) is 25.2 Å². The maximum atomic E-state index is 13.3. The van der Waals surface area contributed by atoms with Gasteiger partial charge in [0.05, 0.1) is 24.7 Å². The lowest BCUT2D eigenvalue weighted by molar-refractivity contribution is -0.143. The minimum Gasteiger partial charge on any atom is -0.481 e. The van der Waals surface area contributed by atoms with Gasteiger partial charge in [0.1, 0.15) is 6.54 Å². The number of piperazine rings is 1. The summed E-state index contributed by atoms with van der Waals surface area (Å²) in [6, 6.07) is 1.03. The van der Waals surface area contributed by atoms with Crippen molar-refractivity contribution in [2.45, 2.75) is 44.9 Å². The second-order valence-electron chi connectivity index (χ2n) is 8.61. The largest absolute Gasteiger partial charge is 0.481 e. The summed E-state index contributed by atoms with van der Waals surface area (Å²) in [5.41, 5.74) is -0.427. The Labute approximate surface area is 210 Å². The average molecular weight is 528 g/mol. The smallest absolute Gasteiger partial charge is 0.433 e. The van der Waals surface area contributed by atoms with Crippen molar-refractivity contribution in [1.82, 2.24) is 30.0 Å². The maximum Gasteiger partial charge on any atom is 0.433 e. The highest BCUT2D eigenvalue weighted by molar-refractivity contribution is 5.76. The van der Waals surface area contributed by atoms with Gasteiger partial charge < -0.3 is 25.3 Å². The molecule has 4 heterocycles. The number of hydrogen-bond donors (Lipinski definition) is 3. The lowest BCUT2D eigenvalue weighted by Gasteiger charge is -2.38. The van der Waals surface area contributed by atoms with Crippen molar-refractivity contribution in [3.63, 3.8) is 0 Å². The van der Waals surface area contributed by atoms with E-state index >= 15 is 0 Å². The van der Waals surface area contributed by atoms with Gasteiger partial charge in [0, 0.05) is 50.5 Å². The zero-order valence-electron chi connectivity index (χ0n) is 20.1. The molecule has 1 atom stereocenters. The van der Waals surface area contributed by atoms with Gasteiger partial charge in [-0.3, -0.25) is 19.1 Å². The molecule has 2 saturated heterocycles. The summed E-state index contributed by atoms with van der Waals surface area (Å²) in [5, 5.41) is 23.1. The summed E-state index contributed by atoms with van der Waals surface area (Å²) in [6.07, 6.45) is -1.30. The van der Waals surface area contributed by atoms with Gasteiger partial charge in [0.2, 0.25) is 11.9 Å². The Bertz CT molecular complexity index is 1100. The number of carboxylic acid groups (broad SMARTS) is 2. The van der Waals surface area contributed by atoms with Crippen molar-refractivity contribution in [3.05, 3.63) is 24.2 Å². The number of rotatable bonds is 7. The number of aromatic nitrogens is 4. The molecule has 0 bridgehead atoms. The summed E-state index contributed by atoms with van der Waals surface area (Å²) in [5.74, 6) is -2.16. The number of aliphatic carboxylic acids is 2. The number of amides is 1. The zero-order chi connectivity index (χ0) is 27.2. The van der Waals surface area contributed by atoms with Crippen molar-refractivity contribution in [1.29, 1.82) is 0 Å². The lowest BCUT2D eigenvalue weighted by Crippen LogP contribution is -2.47. The normalized spacial score (nSPS) is 17.5. The molecule has 0 unspecified atom stereocenters. The topological polar surface area (TPSA) is 154 Å². The summed E-state index contributed by atoms with van der Waals surface area (Å²) in [6.45, 7) is 5.33. The highest BCUT2D eigenvalue weighted by Crippen LogP contribution is 2.33. The Morgan fingerprint density at radius 2 is 1.73 bits per heavy atom. The summed E-state index contributed by atoms with van der Waals surface area (Å²) in [4.78, 5) is 43.2. The molecule has 0 aromatic carbocycles. The molecule has 15 heteroatoms. The minimum atomic E-state index is -4.57. The Balaban J connectivity index is 0.000000414. The molecule has 2 aromatic rings. The second kappa shape index (κ2) is 12.0. The van der Waals surface area contributed by atoms with Gasteiger partial charge in [-0.15, -0.1) is 0 Å². The van der Waals surface area contributed by atoms with Crippen molar-refractivity contribution in [2.24, 2.45) is 0 Å². The first-order chi connectivity index (χ1) is 17.4. The first kappa shape index (κ1) is 27.8. The third kappa shape index (κ3) is 7.87. The quantitative estimate of drug-likeness (QED) is 0.480. The molecular formula is C22H28F3N7O5. The van der Waals surface area contributed by atoms with Crippen molar-refractivity contribution in [2.75, 3.05) is 37.6 Å². The molecule has 0 spiro atoms. The average Bonchev–Trinajstić information content (AvgIpc) is 3.30. The molecule has 2 aromatic heterocycles. The number of carboxylic acids is 2. The number of anilines is 1. The van der Waals surface area contributed by atoms with Crippen molar-refractivity contribution < 1.29 is 37.8 Å². The standard InChI is InChI=1S/C18H22F3N7O.C4H6O4/c1-12-2-5-28(12)17-24-14(8-15(25-17)18(19,20)21)13-9-23-27(10-13)11-16(29)26-6-3-22-4-7-26;5-3(6)1-2-4(7)8/h8-10,12,22H,2-7,11H2,1H3;1-2H2,(H,5,6)(H,7,8)/t12-;/m0./s1. The van der Waals surface area contributed by atoms with Gasteiger partial charge in [-0.2, -0.15) is 18.3 Å². The molecule has 37 heavy (non-hydrogen) atoms. The van der Waals surface area contributed by atoms with Gasteiger partial charge >= 0.3 is 18.1 Å². The number of nitrogens with zero attached hydrogens (tertiary/aromatic N) is 6. The van der Waals surface area contributed by atoms with E-state index in [1.807, 2.05) is 6.92 Å². The van der Waals surface area contributed by atoms with E-state index in [9.17, 15) is 27.6 Å². The predicted molar refractivity (Wildman–Crippen MR) is 124 cm³/mol. The fourth-order valence-electron chi connectivity index (χ4n) is 3.62. The van der Waals surface area contributed by atoms with Crippen LogP contribution in [0.5, 0.6) is 0 Å². The van der Waals surface area contributed by atoms with Crippen molar-refractivity contribution >= 4 is 23.8 Å². The van der Waals surface area contributed by atoms with E-state index in [-0.39, 0.29) is 43.0 Å². The number of nitrogens with one attached hydrogen (secondary N) is 1. The fourth-order valence-corrected chi connectivity index (χ4v) is 3.62. The van der Waals surface area contributed by atoms with Crippen LogP contribution in [0.3, 0.4) is 0 Å². The van der Waals surface area contributed by atoms with Gasteiger partial charge in [-0.1, -0.05) is 0 Å². The monoisotopic (exact) mass is 527 g/mol. The van der Waals surface area contributed by atoms with E-state index in [0.717, 1.165) is 25.6 Å². The lowest BCUT2D eigenvalue weighted by atomic mass is 10.1. The Morgan fingerprint density at radius 1 is 1.08 bits per heavy atom. The van der Waals surface area contributed by atoms with Crippen LogP contribution in [0, 0.1) is 0 Å². The molecule has 2 aliphatic rings. The summed E-state index contributed by atoms with van der Waals surface area (Å²) < 4.78 is 41.5. The predicted octanol–water partition coefficient (Wildman–Crippen LogP) is 1.33. The van der Waals surface area contributed by atoms with E-state index in [1.165, 1.54) is 10.9 Å². The van der Waals surface area contributed by atoms with Crippen LogP contribution in [-0.4, -0.2) is 91.5 Å². The highest BCUT2D eigenvalue weighted by Gasteiger charge is 2.36. The highest BCUT2D eigenvalue weighted by atomic mass is 19.4. The van der Waals surface area contributed by atoms with Crippen LogP contribution < -0.4 is 10.2 Å². The molecule has 12 nitrogen and oxygen atoms in total. The van der Waals surface area contributed by atoms with Gasteiger partial charge in [0.25, 0.3) is 0 Å². The van der Waals surface area contributed by atoms with Gasteiger partial charge in [-0.25, -0.2) is 9.97 Å². The van der Waals surface area contributed by atoms with Crippen molar-refractivity contribution in [3.8, 4) is 11.3 Å². The number of carbonyl (C=O) groups excluding carboxylic acids is 1. The molecular weight excluding hydrogens is 499 g/mol. The zero-order valence-corrected chi connectivity index (χ0v) is 20.1. The molecule has 2 aliphatic heterocycles. The third-order valence-electron chi connectivity index (χ3n) is 5.83. The number of halogens is 3. The molecule has 1 amide bonds. The van der Waals surface area contributed by atoms with Crippen LogP contribution in [0.4, 0.5) is 19.1 Å². The summed E-state index contributed by atoms with van der Waals surface area (Å²) >= 11 is 0. The molecule has 3 N–H and O–H groups in total. The second-order valence-corrected chi connectivity index (χ2v) is 8.61. The molecule has 202 valence electrons. The van der Waals surface area contributed by atoms with Crippen LogP contribution in [0.25, 0.3) is 11.3 Å². The van der Waals surface area contributed by atoms with E-state index in [1.54, 1.807) is 16.0 Å². The summed E-state index contributed by atoms with van der Waals surface area (Å²) in [7, 11) is 0. The number of hydrogen-bond acceptors (Lipinski definition) is 8. The molecule has 0 radical (unpaired) electrons. The Hall–Kier alpha value is -3.75. The van der Waals surface area contributed by atoms with Crippen LogP contribution in [0.1, 0.15) is 31.9 Å². The first-order valence-electron chi connectivity index (χ1n) is 11.6. The maximum absolute atomic E-state index is 13.3. The van der Waals surface area contributed by atoms with E-state index in [4.69, 9.17) is 10.2 Å². The van der Waals surface area contributed by atoms with Crippen LogP contribution in [0.2, 0.25) is 0 Å². The van der Waals surface area contributed by atoms with Crippen LogP contribution >= 0.6 is 0 Å². The number of carbonyl (C=O) groups is 3. The molecule has 4 rings (SSSR count). The SMILES string of the molecule is C[C@H]1CCN1c1nc(-c2cnn(CC(=O)N3CCNCC3)c2)cc(C(F)(F)F)n1.O=C(O)CCC(=O)O. The Kier molecular flexibility index (Phi) is 9.02. The molecule has 0 aliphatic carbocycles. The van der Waals surface area contributed by atoms with Crippen LogP contribution in [0.15, 0.2) is 18.5 Å². The fraction of sp³-hybridized carbons (Fsp3) is 0.545.